The van der Waals surface area contributed by atoms with E-state index in [0.29, 0.717) is 0 Å². The van der Waals surface area contributed by atoms with Crippen molar-refractivity contribution in [2.45, 2.75) is 38.9 Å². The van der Waals surface area contributed by atoms with Crippen LogP contribution in [0.1, 0.15) is 33.3 Å². The highest BCUT2D eigenvalue weighted by molar-refractivity contribution is 5.95. The van der Waals surface area contributed by atoms with Crippen LogP contribution in [0.4, 0.5) is 5.69 Å². The van der Waals surface area contributed by atoms with E-state index in [0.717, 1.165) is 24.3 Å². The number of ether oxygens (including phenoxy) is 1. The zero-order valence-corrected chi connectivity index (χ0v) is 12.2. The van der Waals surface area contributed by atoms with Crippen molar-refractivity contribution in [3.63, 3.8) is 0 Å². The fourth-order valence-electron chi connectivity index (χ4n) is 2.82. The summed E-state index contributed by atoms with van der Waals surface area (Å²) in [7, 11) is 0. The highest BCUT2D eigenvalue weighted by Crippen LogP contribution is 2.31. The van der Waals surface area contributed by atoms with Gasteiger partial charge in [-0.3, -0.25) is 5.41 Å². The molecule has 3 N–H and O–H groups in total. The summed E-state index contributed by atoms with van der Waals surface area (Å²) < 4.78 is 6.08. The average Bonchev–Trinajstić information content (AvgIpc) is 2.25. The number of hydrogen-bond donors (Lipinski definition) is 2. The zero-order chi connectivity index (χ0) is 14.3. The normalized spacial score (nSPS) is 21.2. The molecule has 0 saturated carbocycles. The molecule has 19 heavy (non-hydrogen) atoms. The number of morpholine rings is 1. The third-order valence-electron chi connectivity index (χ3n) is 3.24. The summed E-state index contributed by atoms with van der Waals surface area (Å²) in [6, 6.07) is 7.84. The first-order chi connectivity index (χ1) is 8.69. The van der Waals surface area contributed by atoms with Gasteiger partial charge in [-0.05, 0) is 52.0 Å². The molecule has 1 fully saturated rings. The number of nitrogens with zero attached hydrogens (tertiary/aromatic N) is 1. The Bertz CT molecular complexity index is 461. The van der Waals surface area contributed by atoms with E-state index in [4.69, 9.17) is 15.9 Å². The lowest BCUT2D eigenvalue weighted by atomic mass is 9.98. The Morgan fingerprint density at radius 1 is 1.11 bits per heavy atom. The van der Waals surface area contributed by atoms with Crippen LogP contribution in [0.5, 0.6) is 0 Å². The Hall–Kier alpha value is -1.55. The van der Waals surface area contributed by atoms with Gasteiger partial charge in [-0.15, -0.1) is 0 Å². The summed E-state index contributed by atoms with van der Waals surface area (Å²) >= 11 is 0. The third kappa shape index (κ3) is 3.26. The molecule has 0 bridgehead atoms. The monoisotopic (exact) mass is 261 g/mol. The summed E-state index contributed by atoms with van der Waals surface area (Å²) in [5, 5.41) is 7.42. The van der Waals surface area contributed by atoms with Crippen molar-refractivity contribution < 1.29 is 4.74 Å². The first-order valence-corrected chi connectivity index (χ1v) is 6.58. The van der Waals surface area contributed by atoms with E-state index in [1.54, 1.807) is 0 Å². The van der Waals surface area contributed by atoms with Gasteiger partial charge in [0.1, 0.15) is 5.84 Å². The third-order valence-corrected chi connectivity index (χ3v) is 3.24. The van der Waals surface area contributed by atoms with E-state index in [9.17, 15) is 0 Å². The Kier molecular flexibility index (Phi) is 3.31. The van der Waals surface area contributed by atoms with Gasteiger partial charge in [0.15, 0.2) is 0 Å². The smallest absolute Gasteiger partial charge is 0.122 e. The van der Waals surface area contributed by atoms with Crippen LogP contribution in [-0.2, 0) is 4.74 Å². The Morgan fingerprint density at radius 3 is 2.00 bits per heavy atom. The molecule has 0 aliphatic carbocycles. The molecule has 0 spiro atoms. The minimum absolute atomic E-state index is 0.106. The molecule has 0 unspecified atom stereocenters. The second-order valence-corrected chi connectivity index (χ2v) is 6.44. The molecule has 0 aromatic heterocycles. The SMILES string of the molecule is CC1(C)CN(c2ccc(C(=N)N)cc2)CC(C)(C)O1. The predicted molar refractivity (Wildman–Crippen MR) is 78.9 cm³/mol. The van der Waals surface area contributed by atoms with E-state index >= 15 is 0 Å². The Labute approximate surface area is 115 Å². The van der Waals surface area contributed by atoms with Crippen LogP contribution in [0.15, 0.2) is 24.3 Å². The van der Waals surface area contributed by atoms with Crippen LogP contribution in [0, 0.1) is 5.41 Å². The standard InChI is InChI=1S/C15H23N3O/c1-14(2)9-18(10-15(3,4)19-14)12-7-5-11(6-8-12)13(16)17/h5-8H,9-10H2,1-4H3,(H3,16,17). The van der Waals surface area contributed by atoms with Gasteiger partial charge in [0.2, 0.25) is 0 Å². The van der Waals surface area contributed by atoms with Crippen molar-refractivity contribution in [1.29, 1.82) is 5.41 Å². The topological polar surface area (TPSA) is 62.3 Å². The van der Waals surface area contributed by atoms with Crippen LogP contribution in [0.25, 0.3) is 0 Å². The number of nitrogens with two attached hydrogens (primary N) is 1. The number of benzene rings is 1. The van der Waals surface area contributed by atoms with E-state index in [2.05, 4.69) is 32.6 Å². The number of nitrogens with one attached hydrogen (secondary N) is 1. The Morgan fingerprint density at radius 2 is 1.58 bits per heavy atom. The van der Waals surface area contributed by atoms with Gasteiger partial charge >= 0.3 is 0 Å². The molecule has 1 aromatic carbocycles. The van der Waals surface area contributed by atoms with Gasteiger partial charge in [-0.2, -0.15) is 0 Å². The summed E-state index contributed by atoms with van der Waals surface area (Å²) in [6.45, 7) is 10.2. The molecule has 0 amide bonds. The predicted octanol–water partition coefficient (Wildman–Crippen LogP) is 2.36. The lowest BCUT2D eigenvalue weighted by Gasteiger charge is -2.48. The summed E-state index contributed by atoms with van der Waals surface area (Å²) in [5.74, 6) is 0.106. The molecule has 0 atom stereocenters. The maximum Gasteiger partial charge on any atom is 0.122 e. The molecule has 1 aliphatic heterocycles. The van der Waals surface area contributed by atoms with Crippen LogP contribution >= 0.6 is 0 Å². The van der Waals surface area contributed by atoms with Gasteiger partial charge in [0.25, 0.3) is 0 Å². The number of hydrogen-bond acceptors (Lipinski definition) is 3. The lowest BCUT2D eigenvalue weighted by molar-refractivity contribution is -0.133. The second kappa shape index (κ2) is 4.53. The van der Waals surface area contributed by atoms with E-state index < -0.39 is 0 Å². The quantitative estimate of drug-likeness (QED) is 0.634. The van der Waals surface area contributed by atoms with Crippen molar-refractivity contribution in [2.24, 2.45) is 5.73 Å². The molecule has 0 radical (unpaired) electrons. The number of nitrogen functional groups attached to an aromatic ring is 1. The van der Waals surface area contributed by atoms with Gasteiger partial charge < -0.3 is 15.4 Å². The highest BCUT2D eigenvalue weighted by atomic mass is 16.5. The number of anilines is 1. The largest absolute Gasteiger partial charge is 0.384 e. The van der Waals surface area contributed by atoms with Gasteiger partial charge in [-0.1, -0.05) is 0 Å². The first kappa shape index (κ1) is 13.9. The van der Waals surface area contributed by atoms with Crippen LogP contribution in [0.3, 0.4) is 0 Å². The molecular formula is C15H23N3O. The zero-order valence-electron chi connectivity index (χ0n) is 12.2. The maximum absolute atomic E-state index is 7.42. The van der Waals surface area contributed by atoms with Crippen LogP contribution < -0.4 is 10.6 Å². The van der Waals surface area contributed by atoms with Gasteiger partial charge in [0.05, 0.1) is 11.2 Å². The van der Waals surface area contributed by atoms with Gasteiger partial charge in [0, 0.05) is 24.3 Å². The molecular weight excluding hydrogens is 238 g/mol. The molecule has 4 heteroatoms. The minimum atomic E-state index is -0.166. The molecule has 1 aliphatic rings. The second-order valence-electron chi connectivity index (χ2n) is 6.44. The molecule has 1 heterocycles. The lowest BCUT2D eigenvalue weighted by Crippen LogP contribution is -2.57. The fourth-order valence-corrected chi connectivity index (χ4v) is 2.82. The molecule has 1 saturated heterocycles. The summed E-state index contributed by atoms with van der Waals surface area (Å²) in [6.07, 6.45) is 0. The first-order valence-electron chi connectivity index (χ1n) is 6.58. The highest BCUT2D eigenvalue weighted by Gasteiger charge is 2.38. The molecule has 4 nitrogen and oxygen atoms in total. The molecule has 2 rings (SSSR count). The average molecular weight is 261 g/mol. The molecule has 1 aromatic rings. The maximum atomic E-state index is 7.42. The Balaban J connectivity index is 2.23. The van der Waals surface area contributed by atoms with Crippen molar-refractivity contribution in [3.8, 4) is 0 Å². The number of rotatable bonds is 2. The van der Waals surface area contributed by atoms with Gasteiger partial charge in [-0.25, -0.2) is 0 Å². The van der Waals surface area contributed by atoms with Crippen LogP contribution in [0.2, 0.25) is 0 Å². The van der Waals surface area contributed by atoms with E-state index in [-0.39, 0.29) is 17.0 Å². The van der Waals surface area contributed by atoms with Crippen molar-refractivity contribution >= 4 is 11.5 Å². The van der Waals surface area contributed by atoms with Crippen molar-refractivity contribution in [3.05, 3.63) is 29.8 Å². The van der Waals surface area contributed by atoms with E-state index in [1.807, 2.05) is 24.3 Å². The van der Waals surface area contributed by atoms with Crippen LogP contribution in [-0.4, -0.2) is 30.1 Å². The minimum Gasteiger partial charge on any atom is -0.384 e. The fraction of sp³-hybridized carbons (Fsp3) is 0.533. The number of amidine groups is 1. The van der Waals surface area contributed by atoms with Crippen molar-refractivity contribution in [2.75, 3.05) is 18.0 Å². The van der Waals surface area contributed by atoms with E-state index in [1.165, 1.54) is 0 Å². The summed E-state index contributed by atoms with van der Waals surface area (Å²) in [4.78, 5) is 2.33. The molecule has 104 valence electrons. The van der Waals surface area contributed by atoms with Crippen molar-refractivity contribution in [1.82, 2.24) is 0 Å². The summed E-state index contributed by atoms with van der Waals surface area (Å²) in [5.41, 5.74) is 7.05.